The van der Waals surface area contributed by atoms with E-state index in [4.69, 9.17) is 50.2 Å². The summed E-state index contributed by atoms with van der Waals surface area (Å²) in [6, 6.07) is 2.63. The highest BCUT2D eigenvalue weighted by Crippen LogP contribution is 2.52. The van der Waals surface area contributed by atoms with Crippen LogP contribution in [0.3, 0.4) is 0 Å². The molecule has 13 nitrogen and oxygen atoms in total. The van der Waals surface area contributed by atoms with Gasteiger partial charge in [-0.1, -0.05) is 18.0 Å². The lowest BCUT2D eigenvalue weighted by molar-refractivity contribution is -0.277. The maximum atomic E-state index is 17.2. The minimum Gasteiger partial charge on any atom is -0.480 e. The molecule has 0 amide bonds. The van der Waals surface area contributed by atoms with Gasteiger partial charge in [0.05, 0.1) is 50.2 Å². The average Bonchev–Trinajstić information content (AvgIpc) is 3.72. The molecule has 0 unspecified atom stereocenters. The fourth-order valence-electron chi connectivity index (χ4n) is 9.22. The molecule has 0 spiro atoms. The Balaban J connectivity index is 1.21. The zero-order valence-electron chi connectivity index (χ0n) is 30.4. The molecule has 52 heavy (non-hydrogen) atoms. The average molecular weight is 740 g/mol. The number of fused-ring (bicyclic) bond motifs is 3. The van der Waals surface area contributed by atoms with Gasteiger partial charge in [0.2, 0.25) is 5.88 Å². The smallest absolute Gasteiger partial charge is 0.319 e. The number of pyridine rings is 1. The number of aromatic nitrogens is 5. The normalized spacial score (nSPS) is 26.8. The van der Waals surface area contributed by atoms with Gasteiger partial charge in [0, 0.05) is 62.1 Å². The first-order valence-electron chi connectivity index (χ1n) is 18.1. The molecular formula is C37H47ClFN7O6. The van der Waals surface area contributed by atoms with Crippen molar-refractivity contribution in [3.63, 3.8) is 0 Å². The van der Waals surface area contributed by atoms with E-state index >= 15 is 4.39 Å². The number of likely N-dealkylation sites (tertiary alicyclic amines) is 1. The monoisotopic (exact) mass is 739 g/mol. The predicted molar refractivity (Wildman–Crippen MR) is 194 cm³/mol. The molecule has 1 aromatic carbocycles. The van der Waals surface area contributed by atoms with Crippen LogP contribution in [0.15, 0.2) is 12.3 Å². The Morgan fingerprint density at radius 1 is 1.12 bits per heavy atom. The lowest BCUT2D eigenvalue weighted by Gasteiger charge is -2.56. The van der Waals surface area contributed by atoms with Crippen molar-refractivity contribution < 1.29 is 33.2 Å². The summed E-state index contributed by atoms with van der Waals surface area (Å²) in [6.45, 7) is 6.02. The van der Waals surface area contributed by atoms with Gasteiger partial charge in [0.25, 0.3) is 0 Å². The summed E-state index contributed by atoms with van der Waals surface area (Å²) in [5.41, 5.74) is 0.480. The number of β-amino-alcohol motifs (C(OH)–C–C–N with tert-alkyl or cyclic N) is 1. The van der Waals surface area contributed by atoms with Crippen molar-refractivity contribution in [3.05, 3.63) is 28.7 Å². The van der Waals surface area contributed by atoms with Crippen LogP contribution in [0.25, 0.3) is 33.1 Å². The van der Waals surface area contributed by atoms with Crippen LogP contribution < -0.4 is 14.4 Å². The lowest BCUT2D eigenvalue weighted by Crippen LogP contribution is -2.63. The van der Waals surface area contributed by atoms with E-state index in [1.807, 2.05) is 17.9 Å². The minimum atomic E-state index is -1.19. The minimum absolute atomic E-state index is 0.0171. The van der Waals surface area contributed by atoms with Gasteiger partial charge in [-0.15, -0.1) is 0 Å². The van der Waals surface area contributed by atoms with Crippen LogP contribution in [0.1, 0.15) is 57.4 Å². The van der Waals surface area contributed by atoms with Crippen molar-refractivity contribution in [2.45, 2.75) is 82.3 Å². The molecule has 280 valence electrons. The number of methoxy groups -OCH3 is 3. The molecule has 2 N–H and O–H groups in total. The predicted octanol–water partition coefficient (Wildman–Crippen LogP) is 5.43. The summed E-state index contributed by atoms with van der Waals surface area (Å²) in [6.07, 6.45) is 8.56. The number of nitrogens with one attached hydrogen (secondary N) is 1. The number of aromatic amines is 1. The molecule has 2 saturated carbocycles. The van der Waals surface area contributed by atoms with Crippen LogP contribution >= 0.6 is 11.6 Å². The second-order valence-electron chi connectivity index (χ2n) is 15.3. The van der Waals surface area contributed by atoms with Crippen LogP contribution in [0.5, 0.6) is 11.9 Å². The molecule has 15 heteroatoms. The van der Waals surface area contributed by atoms with E-state index < -0.39 is 17.2 Å². The Hall–Kier alpha value is -3.40. The quantitative estimate of drug-likeness (QED) is 0.212. The van der Waals surface area contributed by atoms with Gasteiger partial charge in [-0.05, 0) is 57.7 Å². The summed E-state index contributed by atoms with van der Waals surface area (Å²) in [7, 11) is 4.91. The van der Waals surface area contributed by atoms with Crippen LogP contribution in [0, 0.1) is 18.2 Å². The number of aliphatic hydroxyl groups is 1. The number of hydrogen-bond acceptors (Lipinski definition) is 12. The Labute approximate surface area is 307 Å². The van der Waals surface area contributed by atoms with Crippen molar-refractivity contribution in [2.24, 2.45) is 5.41 Å². The Morgan fingerprint density at radius 3 is 2.67 bits per heavy atom. The third kappa shape index (κ3) is 5.95. The number of ether oxygens (including phenoxy) is 5. The third-order valence-corrected chi connectivity index (χ3v) is 12.4. The second kappa shape index (κ2) is 13.5. The van der Waals surface area contributed by atoms with E-state index in [0.29, 0.717) is 59.1 Å². The molecule has 4 aliphatic rings. The third-order valence-electron chi connectivity index (χ3n) is 11.9. The first-order valence-corrected chi connectivity index (χ1v) is 18.5. The van der Waals surface area contributed by atoms with Crippen LogP contribution in [-0.2, 0) is 14.2 Å². The Morgan fingerprint density at radius 2 is 1.90 bits per heavy atom. The van der Waals surface area contributed by atoms with Crippen LogP contribution in [-0.4, -0.2) is 119 Å². The van der Waals surface area contributed by atoms with Crippen LogP contribution in [0.2, 0.25) is 5.02 Å². The van der Waals surface area contributed by atoms with Crippen molar-refractivity contribution in [2.75, 3.05) is 65.7 Å². The molecule has 2 saturated heterocycles. The summed E-state index contributed by atoms with van der Waals surface area (Å²) in [5, 5.41) is 19.5. The zero-order valence-corrected chi connectivity index (χ0v) is 31.2. The van der Waals surface area contributed by atoms with E-state index in [2.05, 4.69) is 15.1 Å². The topological polar surface area (TPSA) is 140 Å². The van der Waals surface area contributed by atoms with Crippen molar-refractivity contribution in [1.82, 2.24) is 30.0 Å². The van der Waals surface area contributed by atoms with Gasteiger partial charge in [-0.25, -0.2) is 9.37 Å². The first-order chi connectivity index (χ1) is 25.0. The first kappa shape index (κ1) is 35.6. The van der Waals surface area contributed by atoms with E-state index in [0.717, 1.165) is 57.1 Å². The van der Waals surface area contributed by atoms with E-state index in [1.165, 1.54) is 7.11 Å². The number of halogens is 2. The molecule has 5 heterocycles. The standard InChI is InChI=1S/C37H47ClFN7O6/c1-21-14-24-23(17-40-44-24)26(28(21)38)30-29(39)31-27(33(41-30)48-3)32(45-12-13-51-19-35(2,47)18-45)43-34(42-31)52-20-36-9-6-8-25(36)46(11-7-10-36)22-15-37(16-22,49-4)50-5/h14,17,22,25,47H,6-13,15-16,18-20H2,1-5H3,(H,40,44)/t25-,35+,36-/m1/s1. The van der Waals surface area contributed by atoms with Crippen molar-refractivity contribution >= 4 is 39.2 Å². The maximum absolute atomic E-state index is 17.2. The van der Waals surface area contributed by atoms with Gasteiger partial charge in [-0.2, -0.15) is 15.1 Å². The van der Waals surface area contributed by atoms with Gasteiger partial charge in [0.1, 0.15) is 28.0 Å². The molecule has 4 aromatic rings. The number of hydrogen-bond donors (Lipinski definition) is 2. The summed E-state index contributed by atoms with van der Waals surface area (Å²) in [5.74, 6) is -0.737. The zero-order chi connectivity index (χ0) is 36.4. The number of rotatable bonds is 9. The number of nitrogens with zero attached hydrogens (tertiary/aromatic N) is 6. The number of aryl methyl sites for hydroxylation is 1. The highest BCUT2D eigenvalue weighted by molar-refractivity contribution is 6.35. The molecule has 0 radical (unpaired) electrons. The summed E-state index contributed by atoms with van der Waals surface area (Å²) < 4.78 is 46.9. The summed E-state index contributed by atoms with van der Waals surface area (Å²) >= 11 is 6.87. The number of anilines is 1. The van der Waals surface area contributed by atoms with Gasteiger partial charge in [0.15, 0.2) is 11.6 Å². The van der Waals surface area contributed by atoms with E-state index in [9.17, 15) is 5.11 Å². The van der Waals surface area contributed by atoms with Gasteiger partial charge < -0.3 is 33.7 Å². The molecule has 0 bridgehead atoms. The van der Waals surface area contributed by atoms with Gasteiger partial charge >= 0.3 is 6.01 Å². The molecular weight excluding hydrogens is 693 g/mol. The molecule has 3 aromatic heterocycles. The molecule has 8 rings (SSSR count). The molecule has 2 aliphatic heterocycles. The SMILES string of the molecule is COc1nc(-c2c(Cl)c(C)cc3[nH]ncc23)c(F)c2nc(OC[C@]34CCC[C@H]3N(C3CC(OC)(OC)C3)CCC4)nc(N3CCOC[C@@](C)(O)C3)c12. The highest BCUT2D eigenvalue weighted by Gasteiger charge is 2.55. The number of H-pyrrole nitrogens is 1. The number of benzene rings is 1. The Kier molecular flexibility index (Phi) is 9.23. The van der Waals surface area contributed by atoms with Crippen LogP contribution in [0.4, 0.5) is 10.2 Å². The Bertz CT molecular complexity index is 1980. The molecule has 4 fully saturated rings. The van der Waals surface area contributed by atoms with Crippen molar-refractivity contribution in [1.29, 1.82) is 0 Å². The van der Waals surface area contributed by atoms with Gasteiger partial charge in [-0.3, -0.25) is 10.00 Å². The van der Waals surface area contributed by atoms with E-state index in [-0.39, 0.29) is 47.1 Å². The van der Waals surface area contributed by atoms with Crippen molar-refractivity contribution in [3.8, 4) is 23.1 Å². The fraction of sp³-hybridized carbons (Fsp3) is 0.622. The number of piperidine rings is 1. The van der Waals surface area contributed by atoms with E-state index in [1.54, 1.807) is 27.3 Å². The summed E-state index contributed by atoms with van der Waals surface area (Å²) in [4.78, 5) is 18.9. The lowest BCUT2D eigenvalue weighted by atomic mass is 9.72. The second-order valence-corrected chi connectivity index (χ2v) is 15.7. The fourth-order valence-corrected chi connectivity index (χ4v) is 9.47. The molecule has 3 atom stereocenters. The molecule has 2 aliphatic carbocycles. The largest absolute Gasteiger partial charge is 0.480 e. The highest BCUT2D eigenvalue weighted by atomic mass is 35.5. The maximum Gasteiger partial charge on any atom is 0.319 e.